The van der Waals surface area contributed by atoms with E-state index in [1.807, 2.05) is 0 Å². The summed E-state index contributed by atoms with van der Waals surface area (Å²) >= 11 is 0. The van der Waals surface area contributed by atoms with Crippen molar-refractivity contribution in [2.24, 2.45) is 11.3 Å². The van der Waals surface area contributed by atoms with Gasteiger partial charge in [-0.3, -0.25) is 0 Å². The zero-order chi connectivity index (χ0) is 12.8. The third-order valence-electron chi connectivity index (χ3n) is 4.73. The second kappa shape index (κ2) is 4.14. The fourth-order valence-electron chi connectivity index (χ4n) is 3.21. The summed E-state index contributed by atoms with van der Waals surface area (Å²) in [5.41, 5.74) is 0.369. The number of hydrogen-bond acceptors (Lipinski definition) is 2. The Bertz CT molecular complexity index is 374. The molecule has 0 radical (unpaired) electrons. The molecule has 0 unspecified atom stereocenters. The van der Waals surface area contributed by atoms with E-state index in [1.165, 1.54) is 30.6 Å². The van der Waals surface area contributed by atoms with Crippen LogP contribution in [0.3, 0.4) is 0 Å². The zero-order valence-electron chi connectivity index (χ0n) is 10.5. The maximum absolute atomic E-state index is 12.0. The molecule has 1 atom stereocenters. The van der Waals surface area contributed by atoms with E-state index < -0.39 is 12.0 Å². The first-order valence-electron chi connectivity index (χ1n) is 6.90. The van der Waals surface area contributed by atoms with Crippen molar-refractivity contribution in [3.05, 3.63) is 0 Å². The number of urea groups is 1. The lowest BCUT2D eigenvalue weighted by molar-refractivity contribution is -0.141. The van der Waals surface area contributed by atoms with Gasteiger partial charge in [0.1, 0.15) is 6.04 Å². The molecular formula is C13H20N2O3. The van der Waals surface area contributed by atoms with Crippen LogP contribution in [0.5, 0.6) is 0 Å². The maximum atomic E-state index is 12.0. The first-order chi connectivity index (χ1) is 8.62. The van der Waals surface area contributed by atoms with Crippen LogP contribution in [0.25, 0.3) is 0 Å². The summed E-state index contributed by atoms with van der Waals surface area (Å²) < 4.78 is 0. The summed E-state index contributed by atoms with van der Waals surface area (Å²) in [6, 6.07) is -0.812. The first-order valence-corrected chi connectivity index (χ1v) is 6.90. The van der Waals surface area contributed by atoms with Crippen LogP contribution < -0.4 is 5.32 Å². The van der Waals surface area contributed by atoms with E-state index >= 15 is 0 Å². The highest BCUT2D eigenvalue weighted by molar-refractivity contribution is 5.83. The quantitative estimate of drug-likeness (QED) is 0.795. The lowest BCUT2D eigenvalue weighted by atomic mass is 10.0. The van der Waals surface area contributed by atoms with Crippen LogP contribution >= 0.6 is 0 Å². The molecule has 2 amide bonds. The number of likely N-dealkylation sites (tertiary alicyclic amines) is 1. The van der Waals surface area contributed by atoms with Gasteiger partial charge in [0.15, 0.2) is 0 Å². The van der Waals surface area contributed by atoms with E-state index in [1.54, 1.807) is 0 Å². The number of carboxylic acid groups (broad SMARTS) is 1. The van der Waals surface area contributed by atoms with E-state index in [2.05, 4.69) is 5.32 Å². The molecule has 2 aliphatic carbocycles. The monoisotopic (exact) mass is 252 g/mol. The topological polar surface area (TPSA) is 69.6 Å². The second-order valence-corrected chi connectivity index (χ2v) is 5.99. The van der Waals surface area contributed by atoms with Crippen LogP contribution in [0.1, 0.15) is 38.5 Å². The fourth-order valence-corrected chi connectivity index (χ4v) is 3.21. The van der Waals surface area contributed by atoms with Crippen LogP contribution in [0.2, 0.25) is 0 Å². The van der Waals surface area contributed by atoms with Crippen molar-refractivity contribution in [3.8, 4) is 0 Å². The van der Waals surface area contributed by atoms with Crippen LogP contribution in [-0.2, 0) is 4.79 Å². The Balaban J connectivity index is 1.53. The number of nitrogens with one attached hydrogen (secondary N) is 1. The normalized spacial score (nSPS) is 29.1. The van der Waals surface area contributed by atoms with Crippen molar-refractivity contribution in [1.82, 2.24) is 10.2 Å². The average molecular weight is 252 g/mol. The van der Waals surface area contributed by atoms with E-state index in [-0.39, 0.29) is 6.03 Å². The Hall–Kier alpha value is -1.26. The molecule has 1 aliphatic heterocycles. The van der Waals surface area contributed by atoms with Gasteiger partial charge in [-0.15, -0.1) is 0 Å². The van der Waals surface area contributed by atoms with Crippen LogP contribution in [0, 0.1) is 11.3 Å². The minimum atomic E-state index is -0.883. The minimum Gasteiger partial charge on any atom is -0.480 e. The van der Waals surface area contributed by atoms with Gasteiger partial charge in [0.25, 0.3) is 0 Å². The number of rotatable bonds is 4. The molecule has 0 spiro atoms. The first kappa shape index (κ1) is 11.8. The lowest BCUT2D eigenvalue weighted by Gasteiger charge is -2.23. The Labute approximate surface area is 107 Å². The standard InChI is InChI=1S/C13H20N2O3/c16-11(17)10-2-1-7-15(10)12(18)14-8-13(5-6-13)9-3-4-9/h9-10H,1-8H2,(H,14,18)(H,16,17)/t10-/m1/s1. The van der Waals surface area contributed by atoms with Crippen molar-refractivity contribution in [2.45, 2.75) is 44.6 Å². The minimum absolute atomic E-state index is 0.188. The van der Waals surface area contributed by atoms with E-state index in [9.17, 15) is 9.59 Å². The van der Waals surface area contributed by atoms with Gasteiger partial charge in [-0.05, 0) is 49.9 Å². The third-order valence-corrected chi connectivity index (χ3v) is 4.73. The van der Waals surface area contributed by atoms with E-state index in [0.717, 1.165) is 18.9 Å². The molecule has 3 fully saturated rings. The summed E-state index contributed by atoms with van der Waals surface area (Å²) in [5.74, 6) is -0.0716. The summed E-state index contributed by atoms with van der Waals surface area (Å²) in [7, 11) is 0. The van der Waals surface area contributed by atoms with Crippen molar-refractivity contribution in [3.63, 3.8) is 0 Å². The number of amides is 2. The van der Waals surface area contributed by atoms with Crippen molar-refractivity contribution in [2.75, 3.05) is 13.1 Å². The number of carbonyl (C=O) groups is 2. The van der Waals surface area contributed by atoms with Gasteiger partial charge in [-0.2, -0.15) is 0 Å². The molecule has 3 aliphatic rings. The molecular weight excluding hydrogens is 232 g/mol. The average Bonchev–Trinajstić information content (AvgIpc) is 3.23. The Morgan fingerprint density at radius 3 is 2.56 bits per heavy atom. The smallest absolute Gasteiger partial charge is 0.326 e. The maximum Gasteiger partial charge on any atom is 0.326 e. The molecule has 0 aromatic heterocycles. The highest BCUT2D eigenvalue weighted by Gasteiger charge is 2.53. The van der Waals surface area contributed by atoms with Crippen LogP contribution in [0.4, 0.5) is 4.79 Å². The fraction of sp³-hybridized carbons (Fsp3) is 0.846. The zero-order valence-corrected chi connectivity index (χ0v) is 10.5. The number of aliphatic carboxylic acids is 1. The van der Waals surface area contributed by atoms with Crippen LogP contribution in [0.15, 0.2) is 0 Å². The van der Waals surface area contributed by atoms with Crippen molar-refractivity contribution >= 4 is 12.0 Å². The van der Waals surface area contributed by atoms with Gasteiger partial charge in [-0.25, -0.2) is 9.59 Å². The van der Waals surface area contributed by atoms with E-state index in [4.69, 9.17) is 5.11 Å². The molecule has 1 saturated heterocycles. The molecule has 18 heavy (non-hydrogen) atoms. The van der Waals surface area contributed by atoms with Gasteiger partial charge >= 0.3 is 12.0 Å². The summed E-state index contributed by atoms with van der Waals surface area (Å²) in [5, 5.41) is 12.0. The lowest BCUT2D eigenvalue weighted by Crippen LogP contribution is -2.47. The molecule has 100 valence electrons. The Kier molecular flexibility index (Phi) is 2.72. The predicted molar refractivity (Wildman–Crippen MR) is 65.2 cm³/mol. The Morgan fingerprint density at radius 2 is 2.00 bits per heavy atom. The molecule has 0 aromatic rings. The molecule has 3 rings (SSSR count). The largest absolute Gasteiger partial charge is 0.480 e. The molecule has 2 saturated carbocycles. The number of carbonyl (C=O) groups excluding carboxylic acids is 1. The summed E-state index contributed by atoms with van der Waals surface area (Å²) in [4.78, 5) is 24.5. The van der Waals surface area contributed by atoms with Gasteiger partial charge < -0.3 is 15.3 Å². The number of hydrogen-bond donors (Lipinski definition) is 2. The highest BCUT2D eigenvalue weighted by atomic mass is 16.4. The number of nitrogens with zero attached hydrogens (tertiary/aromatic N) is 1. The SMILES string of the molecule is O=C(O)[C@H]1CCCN1C(=O)NCC1(C2CC2)CC1. The molecule has 0 aromatic carbocycles. The van der Waals surface area contributed by atoms with Crippen molar-refractivity contribution < 1.29 is 14.7 Å². The van der Waals surface area contributed by atoms with E-state index in [0.29, 0.717) is 18.4 Å². The van der Waals surface area contributed by atoms with Gasteiger partial charge in [0, 0.05) is 13.1 Å². The molecule has 0 bridgehead atoms. The van der Waals surface area contributed by atoms with Crippen LogP contribution in [-0.4, -0.2) is 41.1 Å². The summed E-state index contributed by atoms with van der Waals surface area (Å²) in [6.45, 7) is 1.30. The Morgan fingerprint density at radius 1 is 1.28 bits per heavy atom. The third kappa shape index (κ3) is 2.06. The second-order valence-electron chi connectivity index (χ2n) is 5.99. The predicted octanol–water partition coefficient (Wildman–Crippen LogP) is 1.44. The number of carboxylic acids is 1. The molecule has 5 nitrogen and oxygen atoms in total. The van der Waals surface area contributed by atoms with Gasteiger partial charge in [0.2, 0.25) is 0 Å². The van der Waals surface area contributed by atoms with Gasteiger partial charge in [-0.1, -0.05) is 0 Å². The molecule has 2 N–H and O–H groups in total. The molecule has 5 heteroatoms. The summed E-state index contributed by atoms with van der Waals surface area (Å²) in [6.07, 6.45) is 6.42. The van der Waals surface area contributed by atoms with Gasteiger partial charge in [0.05, 0.1) is 0 Å². The van der Waals surface area contributed by atoms with Crippen molar-refractivity contribution in [1.29, 1.82) is 0 Å². The highest BCUT2D eigenvalue weighted by Crippen LogP contribution is 2.60. The molecule has 1 heterocycles.